The summed E-state index contributed by atoms with van der Waals surface area (Å²) in [4.78, 5) is 46.6. The molecular weight excluding hydrogens is 514 g/mol. The summed E-state index contributed by atoms with van der Waals surface area (Å²) in [6.07, 6.45) is 8.40. The third-order valence-electron chi connectivity index (χ3n) is 8.37. The zero-order valence-corrected chi connectivity index (χ0v) is 24.0. The van der Waals surface area contributed by atoms with Gasteiger partial charge in [0.1, 0.15) is 17.8 Å². The molecule has 212 valence electrons. The molecule has 2 aliphatic rings. The van der Waals surface area contributed by atoms with Gasteiger partial charge >= 0.3 is 0 Å². The first-order chi connectivity index (χ1) is 19.9. The van der Waals surface area contributed by atoms with Gasteiger partial charge in [-0.15, -0.1) is 0 Å². The topological polar surface area (TPSA) is 87.5 Å². The average molecular weight is 552 g/mol. The van der Waals surface area contributed by atoms with Crippen molar-refractivity contribution in [3.63, 3.8) is 0 Å². The van der Waals surface area contributed by atoms with Crippen LogP contribution in [0.2, 0.25) is 0 Å². The summed E-state index contributed by atoms with van der Waals surface area (Å²) in [5, 5.41) is 0.943. The number of aromatic nitrogens is 4. The molecule has 5 heterocycles. The Bertz CT molecular complexity index is 1570. The lowest BCUT2D eigenvalue weighted by molar-refractivity contribution is -0.119. The van der Waals surface area contributed by atoms with E-state index in [1.54, 1.807) is 0 Å². The number of nitrogens with zero attached hydrogens (tertiary/aromatic N) is 7. The highest BCUT2D eigenvalue weighted by Crippen LogP contribution is 2.37. The number of amides is 1. The largest absolute Gasteiger partial charge is 0.356 e. The summed E-state index contributed by atoms with van der Waals surface area (Å²) >= 11 is 0. The molecule has 0 spiro atoms. The first kappa shape index (κ1) is 27.1. The monoisotopic (exact) mass is 551 g/mol. The molecule has 0 radical (unpaired) electrons. The standard InChI is InChI=1S/C32H37N7O2/c1-22-18-30(40)39(28-10-6-13-33-31(22)28)23-11-16-37(17-12-23)29-19-26(34-21-35-29)32(41)25-20-38(15-7-14-36(2)3)27-9-5-4-8-24(25)27/h4-6,8-10,13,19-23H,7,11-12,14-18H2,1-3H3. The number of rotatable bonds is 8. The molecule has 41 heavy (non-hydrogen) atoms. The third-order valence-corrected chi connectivity index (χ3v) is 8.37. The van der Waals surface area contributed by atoms with E-state index in [0.29, 0.717) is 17.7 Å². The highest BCUT2D eigenvalue weighted by atomic mass is 16.2. The zero-order chi connectivity index (χ0) is 28.5. The number of piperidine rings is 1. The molecule has 1 fully saturated rings. The van der Waals surface area contributed by atoms with Crippen LogP contribution in [0.25, 0.3) is 10.9 Å². The van der Waals surface area contributed by atoms with Gasteiger partial charge in [0.05, 0.1) is 11.4 Å². The predicted octanol–water partition coefficient (Wildman–Crippen LogP) is 4.52. The first-order valence-electron chi connectivity index (χ1n) is 14.5. The Morgan fingerprint density at radius 1 is 1.05 bits per heavy atom. The van der Waals surface area contributed by atoms with E-state index in [-0.39, 0.29) is 23.7 Å². The van der Waals surface area contributed by atoms with E-state index in [2.05, 4.69) is 56.4 Å². The minimum Gasteiger partial charge on any atom is -0.356 e. The van der Waals surface area contributed by atoms with Crippen LogP contribution >= 0.6 is 0 Å². The van der Waals surface area contributed by atoms with E-state index >= 15 is 0 Å². The van der Waals surface area contributed by atoms with Crippen LogP contribution in [-0.4, -0.2) is 75.9 Å². The third kappa shape index (κ3) is 5.34. The molecular formula is C32H37N7O2. The van der Waals surface area contributed by atoms with Gasteiger partial charge in [-0.05, 0) is 58.1 Å². The molecule has 0 N–H and O–H groups in total. The van der Waals surface area contributed by atoms with Gasteiger partial charge in [0.25, 0.3) is 0 Å². The molecule has 4 aromatic rings. The van der Waals surface area contributed by atoms with Gasteiger partial charge in [-0.1, -0.05) is 25.1 Å². The fourth-order valence-electron chi connectivity index (χ4n) is 6.29. The fraction of sp³-hybridized carbons (Fsp3) is 0.406. The van der Waals surface area contributed by atoms with E-state index in [1.165, 1.54) is 6.33 Å². The number of aryl methyl sites for hydroxylation is 1. The highest BCUT2D eigenvalue weighted by Gasteiger charge is 2.36. The SMILES string of the molecule is CC1CC(=O)N(C2CCN(c3cc(C(=O)c4cn(CCCN(C)C)c5ccccc45)ncn3)CC2)c2cccnc21. The smallest absolute Gasteiger partial charge is 0.227 e. The van der Waals surface area contributed by atoms with Gasteiger partial charge in [-0.2, -0.15) is 0 Å². The lowest BCUT2D eigenvalue weighted by Gasteiger charge is -2.42. The quantitative estimate of drug-likeness (QED) is 0.298. The Hall–Kier alpha value is -4.11. The maximum atomic E-state index is 13.7. The van der Waals surface area contributed by atoms with Crippen molar-refractivity contribution in [2.45, 2.75) is 51.1 Å². The van der Waals surface area contributed by atoms with Crippen LogP contribution < -0.4 is 9.80 Å². The summed E-state index contributed by atoms with van der Waals surface area (Å²) < 4.78 is 2.18. The first-order valence-corrected chi connectivity index (χ1v) is 14.5. The number of anilines is 2. The molecule has 2 aliphatic heterocycles. The van der Waals surface area contributed by atoms with Gasteiger partial charge in [0.2, 0.25) is 11.7 Å². The van der Waals surface area contributed by atoms with Gasteiger partial charge < -0.3 is 19.3 Å². The van der Waals surface area contributed by atoms with Crippen LogP contribution in [-0.2, 0) is 11.3 Å². The van der Waals surface area contributed by atoms with Crippen LogP contribution in [0.15, 0.2) is 61.2 Å². The fourth-order valence-corrected chi connectivity index (χ4v) is 6.29. The maximum absolute atomic E-state index is 13.7. The van der Waals surface area contributed by atoms with Gasteiger partial charge in [-0.25, -0.2) is 9.97 Å². The van der Waals surface area contributed by atoms with Crippen LogP contribution in [0.5, 0.6) is 0 Å². The number of hydrogen-bond acceptors (Lipinski definition) is 7. The van der Waals surface area contributed by atoms with Gasteiger partial charge in [0.15, 0.2) is 0 Å². The molecule has 9 heteroatoms. The van der Waals surface area contributed by atoms with E-state index < -0.39 is 0 Å². The minimum atomic E-state index is -0.0942. The van der Waals surface area contributed by atoms with E-state index in [1.807, 2.05) is 53.7 Å². The molecule has 0 aliphatic carbocycles. The van der Waals surface area contributed by atoms with E-state index in [4.69, 9.17) is 0 Å². The van der Waals surface area contributed by atoms with Crippen molar-refractivity contribution in [2.24, 2.45) is 0 Å². The van der Waals surface area contributed by atoms with Crippen LogP contribution in [0.4, 0.5) is 11.5 Å². The molecule has 1 atom stereocenters. The number of hydrogen-bond donors (Lipinski definition) is 0. The van der Waals surface area contributed by atoms with Crippen molar-refractivity contribution in [3.05, 3.63) is 78.1 Å². The second-order valence-electron chi connectivity index (χ2n) is 11.5. The molecule has 9 nitrogen and oxygen atoms in total. The Morgan fingerprint density at radius 2 is 1.85 bits per heavy atom. The Labute approximate surface area is 240 Å². The second kappa shape index (κ2) is 11.4. The molecule has 0 bridgehead atoms. The van der Waals surface area contributed by atoms with Crippen LogP contribution in [0.3, 0.4) is 0 Å². The number of ketones is 1. The summed E-state index contributed by atoms with van der Waals surface area (Å²) in [7, 11) is 4.14. The maximum Gasteiger partial charge on any atom is 0.227 e. The van der Waals surface area contributed by atoms with E-state index in [9.17, 15) is 9.59 Å². The molecule has 1 amide bonds. The number of pyridine rings is 1. The van der Waals surface area contributed by atoms with Crippen molar-refractivity contribution in [2.75, 3.05) is 43.5 Å². The van der Waals surface area contributed by atoms with Crippen molar-refractivity contribution in [3.8, 4) is 0 Å². The molecule has 6 rings (SSSR count). The normalized spacial score (nSPS) is 17.9. The predicted molar refractivity (Wildman–Crippen MR) is 161 cm³/mol. The summed E-state index contributed by atoms with van der Waals surface area (Å²) in [6, 6.07) is 13.9. The lowest BCUT2D eigenvalue weighted by atomic mass is 9.92. The zero-order valence-electron chi connectivity index (χ0n) is 24.0. The number of benzene rings is 1. The van der Waals surface area contributed by atoms with Crippen molar-refractivity contribution >= 4 is 34.1 Å². The Morgan fingerprint density at radius 3 is 2.66 bits per heavy atom. The summed E-state index contributed by atoms with van der Waals surface area (Å²) in [5.74, 6) is 0.965. The molecule has 1 unspecified atom stereocenters. The van der Waals surface area contributed by atoms with Crippen molar-refractivity contribution < 1.29 is 9.59 Å². The number of carbonyl (C=O) groups is 2. The Balaban J connectivity index is 1.18. The van der Waals surface area contributed by atoms with Gasteiger partial charge in [0, 0.05) is 72.9 Å². The molecule has 0 saturated carbocycles. The second-order valence-corrected chi connectivity index (χ2v) is 11.5. The van der Waals surface area contributed by atoms with E-state index in [0.717, 1.165) is 73.5 Å². The molecule has 1 saturated heterocycles. The minimum absolute atomic E-state index is 0.0942. The number of fused-ring (bicyclic) bond motifs is 2. The number of carbonyl (C=O) groups excluding carboxylic acids is 2. The van der Waals surface area contributed by atoms with Crippen LogP contribution in [0, 0.1) is 0 Å². The highest BCUT2D eigenvalue weighted by molar-refractivity contribution is 6.15. The van der Waals surface area contributed by atoms with Crippen molar-refractivity contribution in [1.82, 2.24) is 24.4 Å². The summed E-state index contributed by atoms with van der Waals surface area (Å²) in [5.41, 5.74) is 4.08. The average Bonchev–Trinajstić information content (AvgIpc) is 3.35. The molecule has 1 aromatic carbocycles. The Kier molecular flexibility index (Phi) is 7.53. The number of para-hydroxylation sites is 1. The molecule has 3 aromatic heterocycles. The summed E-state index contributed by atoms with van der Waals surface area (Å²) in [6.45, 7) is 5.39. The van der Waals surface area contributed by atoms with Crippen LogP contribution in [0.1, 0.15) is 60.3 Å². The van der Waals surface area contributed by atoms with Gasteiger partial charge in [-0.3, -0.25) is 14.6 Å². The van der Waals surface area contributed by atoms with Crippen molar-refractivity contribution in [1.29, 1.82) is 0 Å². The lowest BCUT2D eigenvalue weighted by Crippen LogP contribution is -2.50.